The van der Waals surface area contributed by atoms with Gasteiger partial charge in [-0.3, -0.25) is 14.9 Å². The molecule has 1 saturated heterocycles. The standard InChI is InChI=1S/C8H11NO2.C4H8/c1-5(2)3-6-4-7(10)9-8(6)11;1-4(2)3/h3,6H,4H2,1-2H3,(H,9,10,11);1H2,2-3H3. The Morgan fingerprint density at radius 1 is 1.33 bits per heavy atom. The molecular formula is C12H19NO2. The predicted octanol–water partition coefficient (Wildman–Crippen LogP) is 2.20. The van der Waals surface area contributed by atoms with Crippen LogP contribution in [0, 0.1) is 5.92 Å². The van der Waals surface area contributed by atoms with E-state index in [0.717, 1.165) is 5.57 Å². The van der Waals surface area contributed by atoms with Crippen molar-refractivity contribution in [3.05, 3.63) is 23.8 Å². The number of carbonyl (C=O) groups excluding carboxylic acids is 2. The third-order valence-electron chi connectivity index (χ3n) is 1.54. The van der Waals surface area contributed by atoms with Gasteiger partial charge in [0.15, 0.2) is 0 Å². The van der Waals surface area contributed by atoms with Crippen LogP contribution < -0.4 is 5.32 Å². The maximum Gasteiger partial charge on any atom is 0.234 e. The van der Waals surface area contributed by atoms with Crippen LogP contribution in [0.25, 0.3) is 0 Å². The van der Waals surface area contributed by atoms with Crippen LogP contribution in [0.15, 0.2) is 23.8 Å². The Labute approximate surface area is 91.2 Å². The van der Waals surface area contributed by atoms with Gasteiger partial charge < -0.3 is 0 Å². The van der Waals surface area contributed by atoms with Crippen molar-refractivity contribution in [3.8, 4) is 0 Å². The Hall–Kier alpha value is -1.38. The van der Waals surface area contributed by atoms with Crippen molar-refractivity contribution >= 4 is 11.8 Å². The summed E-state index contributed by atoms with van der Waals surface area (Å²) in [6, 6.07) is 0. The minimum Gasteiger partial charge on any atom is -0.296 e. The van der Waals surface area contributed by atoms with E-state index >= 15 is 0 Å². The predicted molar refractivity (Wildman–Crippen MR) is 61.2 cm³/mol. The number of allylic oxidation sites excluding steroid dienone is 2. The van der Waals surface area contributed by atoms with Crippen molar-refractivity contribution in [2.24, 2.45) is 5.92 Å². The quantitative estimate of drug-likeness (QED) is 0.531. The molecule has 0 aromatic heterocycles. The highest BCUT2D eigenvalue weighted by atomic mass is 16.2. The maximum absolute atomic E-state index is 10.9. The average Bonchev–Trinajstić information content (AvgIpc) is 2.27. The average molecular weight is 209 g/mol. The van der Waals surface area contributed by atoms with Gasteiger partial charge in [0.25, 0.3) is 0 Å². The van der Waals surface area contributed by atoms with Crippen molar-refractivity contribution in [1.82, 2.24) is 5.32 Å². The molecular weight excluding hydrogens is 190 g/mol. The van der Waals surface area contributed by atoms with Gasteiger partial charge in [0.05, 0.1) is 5.92 Å². The van der Waals surface area contributed by atoms with Crippen LogP contribution in [0.3, 0.4) is 0 Å². The first-order valence-corrected chi connectivity index (χ1v) is 4.93. The number of imide groups is 1. The smallest absolute Gasteiger partial charge is 0.234 e. The first kappa shape index (κ1) is 13.6. The molecule has 84 valence electrons. The molecule has 0 radical (unpaired) electrons. The van der Waals surface area contributed by atoms with Crippen LogP contribution in [0.2, 0.25) is 0 Å². The molecule has 1 fully saturated rings. The zero-order valence-corrected chi connectivity index (χ0v) is 9.89. The molecule has 15 heavy (non-hydrogen) atoms. The molecule has 0 aliphatic carbocycles. The molecule has 0 aromatic rings. The largest absolute Gasteiger partial charge is 0.296 e. The fraction of sp³-hybridized carbons (Fsp3) is 0.500. The Balaban J connectivity index is 0.000000423. The molecule has 1 aliphatic heterocycles. The topological polar surface area (TPSA) is 46.2 Å². The van der Waals surface area contributed by atoms with Crippen LogP contribution in [0.5, 0.6) is 0 Å². The van der Waals surface area contributed by atoms with Gasteiger partial charge in [-0.05, 0) is 27.7 Å². The van der Waals surface area contributed by atoms with Gasteiger partial charge in [-0.2, -0.15) is 0 Å². The van der Waals surface area contributed by atoms with Crippen LogP contribution in [0.4, 0.5) is 0 Å². The normalized spacial score (nSPS) is 18.8. The van der Waals surface area contributed by atoms with Crippen LogP contribution in [-0.4, -0.2) is 11.8 Å². The van der Waals surface area contributed by atoms with E-state index in [2.05, 4.69) is 11.9 Å². The molecule has 1 N–H and O–H groups in total. The van der Waals surface area contributed by atoms with E-state index in [1.165, 1.54) is 5.57 Å². The Morgan fingerprint density at radius 3 is 2.07 bits per heavy atom. The minimum absolute atomic E-state index is 0.169. The summed E-state index contributed by atoms with van der Waals surface area (Å²) in [5, 5.41) is 2.25. The second-order valence-corrected chi connectivity index (χ2v) is 4.17. The number of hydrogen-bond donors (Lipinski definition) is 1. The van der Waals surface area contributed by atoms with E-state index in [0.29, 0.717) is 6.42 Å². The van der Waals surface area contributed by atoms with Crippen molar-refractivity contribution in [1.29, 1.82) is 0 Å². The minimum atomic E-state index is -0.229. The lowest BCUT2D eigenvalue weighted by molar-refractivity contribution is -0.125. The van der Waals surface area contributed by atoms with Crippen molar-refractivity contribution in [2.75, 3.05) is 0 Å². The van der Waals surface area contributed by atoms with Gasteiger partial charge in [-0.25, -0.2) is 0 Å². The number of nitrogens with one attached hydrogen (secondary N) is 1. The van der Waals surface area contributed by atoms with Gasteiger partial charge in [0, 0.05) is 6.42 Å². The van der Waals surface area contributed by atoms with Crippen LogP contribution >= 0.6 is 0 Å². The summed E-state index contributed by atoms with van der Waals surface area (Å²) in [7, 11) is 0. The first-order chi connectivity index (χ1) is 6.82. The highest BCUT2D eigenvalue weighted by Gasteiger charge is 2.28. The second-order valence-electron chi connectivity index (χ2n) is 4.17. The van der Waals surface area contributed by atoms with Gasteiger partial charge in [-0.15, -0.1) is 6.58 Å². The Bertz CT molecular complexity index is 295. The number of carbonyl (C=O) groups is 2. The van der Waals surface area contributed by atoms with Crippen LogP contribution in [-0.2, 0) is 9.59 Å². The monoisotopic (exact) mass is 209 g/mol. The van der Waals surface area contributed by atoms with Crippen LogP contribution in [0.1, 0.15) is 34.1 Å². The SMILES string of the molecule is C=C(C)C.CC(C)=CC1CC(=O)NC1=O. The third-order valence-corrected chi connectivity index (χ3v) is 1.54. The molecule has 1 atom stereocenters. The lowest BCUT2D eigenvalue weighted by atomic mass is 10.1. The van der Waals surface area contributed by atoms with E-state index in [9.17, 15) is 9.59 Å². The molecule has 2 amide bonds. The molecule has 3 nitrogen and oxygen atoms in total. The fourth-order valence-electron chi connectivity index (χ4n) is 1.11. The molecule has 1 unspecified atom stereocenters. The lowest BCUT2D eigenvalue weighted by Gasteiger charge is -1.97. The van der Waals surface area contributed by atoms with E-state index in [-0.39, 0.29) is 17.7 Å². The summed E-state index contributed by atoms with van der Waals surface area (Å²) in [4.78, 5) is 21.6. The number of rotatable bonds is 1. The first-order valence-electron chi connectivity index (χ1n) is 4.93. The summed E-state index contributed by atoms with van der Waals surface area (Å²) in [5.41, 5.74) is 2.24. The highest BCUT2D eigenvalue weighted by molar-refractivity contribution is 6.04. The van der Waals surface area contributed by atoms with E-state index < -0.39 is 0 Å². The zero-order chi connectivity index (χ0) is 12.0. The molecule has 1 aliphatic rings. The molecule has 1 rings (SSSR count). The number of amides is 2. The van der Waals surface area contributed by atoms with Gasteiger partial charge >= 0.3 is 0 Å². The summed E-state index contributed by atoms with van der Waals surface area (Å²) < 4.78 is 0. The third kappa shape index (κ3) is 6.66. The van der Waals surface area contributed by atoms with E-state index in [1.54, 1.807) is 0 Å². The summed E-state index contributed by atoms with van der Waals surface area (Å²) in [6.07, 6.45) is 2.13. The summed E-state index contributed by atoms with van der Waals surface area (Å²) in [5.74, 6) is -0.568. The second kappa shape index (κ2) is 6.17. The molecule has 0 spiro atoms. The van der Waals surface area contributed by atoms with E-state index in [1.807, 2.05) is 33.8 Å². The fourth-order valence-corrected chi connectivity index (χ4v) is 1.11. The molecule has 3 heteroatoms. The molecule has 1 heterocycles. The van der Waals surface area contributed by atoms with Crippen molar-refractivity contribution in [3.63, 3.8) is 0 Å². The van der Waals surface area contributed by atoms with Crippen molar-refractivity contribution < 1.29 is 9.59 Å². The van der Waals surface area contributed by atoms with E-state index in [4.69, 9.17) is 0 Å². The van der Waals surface area contributed by atoms with Gasteiger partial charge in [-0.1, -0.05) is 17.2 Å². The van der Waals surface area contributed by atoms with Gasteiger partial charge in [0.2, 0.25) is 11.8 Å². The zero-order valence-electron chi connectivity index (χ0n) is 9.89. The maximum atomic E-state index is 10.9. The summed E-state index contributed by atoms with van der Waals surface area (Å²) in [6.45, 7) is 11.3. The lowest BCUT2D eigenvalue weighted by Crippen LogP contribution is -2.21. The Morgan fingerprint density at radius 2 is 1.80 bits per heavy atom. The summed E-state index contributed by atoms with van der Waals surface area (Å²) >= 11 is 0. The molecule has 0 bridgehead atoms. The number of hydrogen-bond acceptors (Lipinski definition) is 2. The van der Waals surface area contributed by atoms with Crippen molar-refractivity contribution in [2.45, 2.75) is 34.1 Å². The molecule has 0 aromatic carbocycles. The highest BCUT2D eigenvalue weighted by Crippen LogP contribution is 2.13. The van der Waals surface area contributed by atoms with Gasteiger partial charge in [0.1, 0.15) is 0 Å². The molecule has 0 saturated carbocycles. The Kier molecular flexibility index (Phi) is 5.60.